The second-order valence-corrected chi connectivity index (χ2v) is 4.67. The molecule has 0 heterocycles. The minimum absolute atomic E-state index is 0.217. The third kappa shape index (κ3) is 8.66. The lowest BCUT2D eigenvalue weighted by Gasteiger charge is -2.10. The number of hydrogen-bond donors (Lipinski definition) is 0. The van der Waals surface area contributed by atoms with Gasteiger partial charge in [0.05, 0.1) is 6.61 Å². The molecule has 1 unspecified atom stereocenters. The van der Waals surface area contributed by atoms with E-state index in [9.17, 15) is 9.59 Å². The van der Waals surface area contributed by atoms with Gasteiger partial charge in [-0.25, -0.2) is 4.79 Å². The van der Waals surface area contributed by atoms with Gasteiger partial charge in [0.25, 0.3) is 0 Å². The normalized spacial score (nSPS) is 11.8. The molecule has 0 rings (SSSR count). The van der Waals surface area contributed by atoms with Crippen LogP contribution in [0, 0.1) is 5.92 Å². The first-order valence-electron chi connectivity index (χ1n) is 6.30. The summed E-state index contributed by atoms with van der Waals surface area (Å²) in [5, 5.41) is 0. The van der Waals surface area contributed by atoms with Crippen LogP contribution in [0.2, 0.25) is 0 Å². The molecule has 0 aromatic rings. The Morgan fingerprint density at radius 1 is 1.24 bits per heavy atom. The summed E-state index contributed by atoms with van der Waals surface area (Å²) in [4.78, 5) is 22.0. The van der Waals surface area contributed by atoms with Crippen molar-refractivity contribution in [2.45, 2.75) is 53.4 Å². The van der Waals surface area contributed by atoms with Gasteiger partial charge in [0.15, 0.2) is 0 Å². The van der Waals surface area contributed by atoms with E-state index in [1.807, 2.05) is 0 Å². The molecule has 0 saturated carbocycles. The van der Waals surface area contributed by atoms with Crippen LogP contribution in [0.4, 0.5) is 0 Å². The summed E-state index contributed by atoms with van der Waals surface area (Å²) < 4.78 is 4.89. The van der Waals surface area contributed by atoms with Crippen LogP contribution >= 0.6 is 0 Å². The SMILES string of the molecule is CCC(=O)C(=O)OCCC(C)CCC=C(C)C. The zero-order valence-corrected chi connectivity index (χ0v) is 11.4. The van der Waals surface area contributed by atoms with Crippen molar-refractivity contribution in [3.63, 3.8) is 0 Å². The minimum atomic E-state index is -0.691. The molecule has 0 bridgehead atoms. The molecule has 0 saturated heterocycles. The number of rotatable bonds is 8. The van der Waals surface area contributed by atoms with E-state index in [1.165, 1.54) is 5.57 Å². The zero-order chi connectivity index (χ0) is 13.3. The molecule has 0 radical (unpaired) electrons. The maximum absolute atomic E-state index is 11.1. The number of carbonyl (C=O) groups excluding carboxylic acids is 2. The molecule has 17 heavy (non-hydrogen) atoms. The Morgan fingerprint density at radius 2 is 1.88 bits per heavy atom. The highest BCUT2D eigenvalue weighted by Crippen LogP contribution is 2.11. The molecule has 0 N–H and O–H groups in total. The highest BCUT2D eigenvalue weighted by atomic mass is 16.5. The van der Waals surface area contributed by atoms with Crippen molar-refractivity contribution in [1.29, 1.82) is 0 Å². The topological polar surface area (TPSA) is 43.4 Å². The number of ether oxygens (including phenoxy) is 1. The van der Waals surface area contributed by atoms with E-state index < -0.39 is 11.8 Å². The third-order valence-corrected chi connectivity index (χ3v) is 2.60. The molecule has 3 heteroatoms. The van der Waals surface area contributed by atoms with Gasteiger partial charge in [-0.2, -0.15) is 0 Å². The maximum atomic E-state index is 11.1. The summed E-state index contributed by atoms with van der Waals surface area (Å²) in [5.41, 5.74) is 1.33. The van der Waals surface area contributed by atoms with E-state index in [2.05, 4.69) is 26.8 Å². The van der Waals surface area contributed by atoms with Crippen molar-refractivity contribution in [2.75, 3.05) is 6.61 Å². The fourth-order valence-corrected chi connectivity index (χ4v) is 1.38. The van der Waals surface area contributed by atoms with Crippen LogP contribution in [0.25, 0.3) is 0 Å². The second-order valence-electron chi connectivity index (χ2n) is 4.67. The van der Waals surface area contributed by atoms with E-state index in [4.69, 9.17) is 4.74 Å². The summed E-state index contributed by atoms with van der Waals surface area (Å²) in [6.07, 6.45) is 5.40. The van der Waals surface area contributed by atoms with E-state index in [0.29, 0.717) is 12.5 Å². The molecule has 1 atom stereocenters. The molecule has 0 aromatic carbocycles. The van der Waals surface area contributed by atoms with Crippen molar-refractivity contribution in [1.82, 2.24) is 0 Å². The highest BCUT2D eigenvalue weighted by molar-refractivity contribution is 6.33. The number of hydrogen-bond acceptors (Lipinski definition) is 3. The first-order chi connectivity index (χ1) is 7.97. The molecule has 0 spiro atoms. The number of Topliss-reactive ketones (excluding diaryl/α,β-unsaturated/α-hetero) is 1. The van der Waals surface area contributed by atoms with Crippen LogP contribution in [0.5, 0.6) is 0 Å². The predicted octanol–water partition coefficient (Wildman–Crippen LogP) is 3.28. The van der Waals surface area contributed by atoms with Crippen LogP contribution in [0.3, 0.4) is 0 Å². The van der Waals surface area contributed by atoms with Crippen LogP contribution in [0.15, 0.2) is 11.6 Å². The Kier molecular flexibility index (Phi) is 8.38. The first kappa shape index (κ1) is 15.9. The van der Waals surface area contributed by atoms with Gasteiger partial charge in [-0.1, -0.05) is 25.5 Å². The molecule has 0 aliphatic rings. The number of allylic oxidation sites excluding steroid dienone is 2. The predicted molar refractivity (Wildman–Crippen MR) is 68.7 cm³/mol. The van der Waals surface area contributed by atoms with Crippen LogP contribution < -0.4 is 0 Å². The lowest BCUT2D eigenvalue weighted by Crippen LogP contribution is -2.17. The summed E-state index contributed by atoms with van der Waals surface area (Å²) in [7, 11) is 0. The number of esters is 1. The van der Waals surface area contributed by atoms with Crippen LogP contribution in [-0.4, -0.2) is 18.4 Å². The van der Waals surface area contributed by atoms with Gasteiger partial charge < -0.3 is 4.74 Å². The molecule has 0 aliphatic carbocycles. The van der Waals surface area contributed by atoms with E-state index in [-0.39, 0.29) is 6.42 Å². The van der Waals surface area contributed by atoms with Gasteiger partial charge in [-0.05, 0) is 39.0 Å². The maximum Gasteiger partial charge on any atom is 0.374 e. The lowest BCUT2D eigenvalue weighted by atomic mass is 10.0. The van der Waals surface area contributed by atoms with Crippen LogP contribution in [0.1, 0.15) is 53.4 Å². The molecular formula is C14H24O3. The molecule has 3 nitrogen and oxygen atoms in total. The fraction of sp³-hybridized carbons (Fsp3) is 0.714. The van der Waals surface area contributed by atoms with Gasteiger partial charge in [0, 0.05) is 6.42 Å². The molecule has 0 aliphatic heterocycles. The monoisotopic (exact) mass is 240 g/mol. The highest BCUT2D eigenvalue weighted by Gasteiger charge is 2.12. The quantitative estimate of drug-likeness (QED) is 0.371. The molecular weight excluding hydrogens is 216 g/mol. The van der Waals surface area contributed by atoms with Crippen molar-refractivity contribution in [2.24, 2.45) is 5.92 Å². The Labute approximate surface area is 104 Å². The average molecular weight is 240 g/mol. The van der Waals surface area contributed by atoms with Crippen LogP contribution in [-0.2, 0) is 14.3 Å². The summed E-state index contributed by atoms with van der Waals surface area (Å²) in [6.45, 7) is 8.31. The zero-order valence-electron chi connectivity index (χ0n) is 11.4. The molecule has 0 fully saturated rings. The van der Waals surface area contributed by atoms with Gasteiger partial charge in [-0.15, -0.1) is 0 Å². The van der Waals surface area contributed by atoms with E-state index in [0.717, 1.165) is 19.3 Å². The summed E-state index contributed by atoms with van der Waals surface area (Å²) in [5.74, 6) is -0.624. The van der Waals surface area contributed by atoms with E-state index in [1.54, 1.807) is 6.92 Å². The largest absolute Gasteiger partial charge is 0.460 e. The Morgan fingerprint density at radius 3 is 2.41 bits per heavy atom. The van der Waals surface area contributed by atoms with Crippen molar-refractivity contribution in [3.05, 3.63) is 11.6 Å². The Hall–Kier alpha value is -1.12. The Bertz CT molecular complexity index is 275. The minimum Gasteiger partial charge on any atom is -0.460 e. The van der Waals surface area contributed by atoms with Crippen molar-refractivity contribution < 1.29 is 14.3 Å². The smallest absolute Gasteiger partial charge is 0.374 e. The Balaban J connectivity index is 3.64. The second kappa shape index (κ2) is 8.97. The van der Waals surface area contributed by atoms with E-state index >= 15 is 0 Å². The third-order valence-electron chi connectivity index (χ3n) is 2.60. The summed E-state index contributed by atoms with van der Waals surface area (Å²) in [6, 6.07) is 0. The van der Waals surface area contributed by atoms with Crippen molar-refractivity contribution in [3.8, 4) is 0 Å². The first-order valence-corrected chi connectivity index (χ1v) is 6.30. The molecule has 98 valence electrons. The van der Waals surface area contributed by atoms with Crippen molar-refractivity contribution >= 4 is 11.8 Å². The number of carbonyl (C=O) groups is 2. The van der Waals surface area contributed by atoms with Gasteiger partial charge in [0.1, 0.15) is 0 Å². The summed E-state index contributed by atoms with van der Waals surface area (Å²) >= 11 is 0. The standard InChI is InChI=1S/C14H24O3/c1-5-13(15)14(16)17-10-9-12(4)8-6-7-11(2)3/h7,12H,5-6,8-10H2,1-4H3. The molecule has 0 aromatic heterocycles. The fourth-order valence-electron chi connectivity index (χ4n) is 1.38. The van der Waals surface area contributed by atoms with Gasteiger partial charge in [-0.3, -0.25) is 4.79 Å². The van der Waals surface area contributed by atoms with Gasteiger partial charge in [0.2, 0.25) is 5.78 Å². The lowest BCUT2D eigenvalue weighted by molar-refractivity contribution is -0.154. The molecule has 0 amide bonds. The van der Waals surface area contributed by atoms with Gasteiger partial charge >= 0.3 is 5.97 Å². The average Bonchev–Trinajstić information content (AvgIpc) is 2.27. The number of ketones is 1.